The zero-order valence-corrected chi connectivity index (χ0v) is 19.1. The van der Waals surface area contributed by atoms with Crippen LogP contribution in [0.3, 0.4) is 0 Å². The first-order valence-electron chi connectivity index (χ1n) is 10.00. The molecule has 1 aliphatic heterocycles. The van der Waals surface area contributed by atoms with E-state index in [4.69, 9.17) is 19.6 Å². The van der Waals surface area contributed by atoms with Crippen LogP contribution < -0.4 is 14.5 Å². The van der Waals surface area contributed by atoms with Gasteiger partial charge in [0.05, 0.1) is 36.5 Å². The molecule has 32 heavy (non-hydrogen) atoms. The standard InChI is InChI=1S/C24H20FN3O2S2/c1-29-21-10-7-16(12-22(21)30-2)20-13-18(23-4-3-11-31-23)27-28(20)24-26-19(14-32-24)15-5-8-17(25)9-6-15/h3-12,14,20H,13H2,1-2H3/t20-/m1/s1. The second-order valence-electron chi connectivity index (χ2n) is 7.23. The molecule has 0 N–H and O–H groups in total. The van der Waals surface area contributed by atoms with Gasteiger partial charge >= 0.3 is 0 Å². The molecule has 5 nitrogen and oxygen atoms in total. The fraction of sp³-hybridized carbons (Fsp3) is 0.167. The van der Waals surface area contributed by atoms with Crippen LogP contribution in [0.25, 0.3) is 11.3 Å². The Morgan fingerprint density at radius 1 is 1.00 bits per heavy atom. The molecule has 0 radical (unpaired) electrons. The number of anilines is 1. The molecule has 0 spiro atoms. The van der Waals surface area contributed by atoms with Crippen LogP contribution in [-0.2, 0) is 0 Å². The number of hydrogen-bond donors (Lipinski definition) is 0. The monoisotopic (exact) mass is 465 g/mol. The van der Waals surface area contributed by atoms with Crippen molar-refractivity contribution >= 4 is 33.5 Å². The first-order valence-corrected chi connectivity index (χ1v) is 11.8. The first kappa shape index (κ1) is 20.7. The highest BCUT2D eigenvalue weighted by molar-refractivity contribution is 7.14. The molecule has 1 aliphatic rings. The molecule has 3 heterocycles. The van der Waals surface area contributed by atoms with E-state index in [1.165, 1.54) is 23.5 Å². The van der Waals surface area contributed by atoms with Crippen LogP contribution in [0.1, 0.15) is 22.9 Å². The highest BCUT2D eigenvalue weighted by atomic mass is 32.1. The molecular formula is C24H20FN3O2S2. The van der Waals surface area contributed by atoms with Crippen molar-refractivity contribution in [1.82, 2.24) is 4.98 Å². The van der Waals surface area contributed by atoms with Crippen molar-refractivity contribution in [3.05, 3.63) is 81.6 Å². The lowest BCUT2D eigenvalue weighted by Crippen LogP contribution is -2.18. The SMILES string of the molecule is COc1ccc([C@H]2CC(c3cccs3)=NN2c2nc(-c3ccc(F)cc3)cs2)cc1OC. The summed E-state index contributed by atoms with van der Waals surface area (Å²) in [6, 6.07) is 16.4. The smallest absolute Gasteiger partial charge is 0.207 e. The zero-order valence-electron chi connectivity index (χ0n) is 17.5. The molecule has 5 rings (SSSR count). The molecule has 0 amide bonds. The van der Waals surface area contributed by atoms with Gasteiger partial charge in [0.15, 0.2) is 11.5 Å². The quantitative estimate of drug-likeness (QED) is 0.331. The third-order valence-corrected chi connectivity index (χ3v) is 7.09. The largest absolute Gasteiger partial charge is 0.493 e. The fourth-order valence-corrected chi connectivity index (χ4v) is 5.27. The fourth-order valence-electron chi connectivity index (χ4n) is 3.72. The number of hydrogen-bond acceptors (Lipinski definition) is 7. The Morgan fingerprint density at radius 3 is 2.53 bits per heavy atom. The number of nitrogens with zero attached hydrogens (tertiary/aromatic N) is 3. The van der Waals surface area contributed by atoms with Crippen LogP contribution in [0.15, 0.2) is 70.5 Å². The van der Waals surface area contributed by atoms with E-state index >= 15 is 0 Å². The van der Waals surface area contributed by atoms with Crippen molar-refractivity contribution in [1.29, 1.82) is 0 Å². The van der Waals surface area contributed by atoms with E-state index in [0.717, 1.165) is 39.0 Å². The minimum absolute atomic E-state index is 0.0286. The molecule has 0 aliphatic carbocycles. The van der Waals surface area contributed by atoms with Crippen LogP contribution in [0.2, 0.25) is 0 Å². The summed E-state index contributed by atoms with van der Waals surface area (Å²) < 4.78 is 24.3. The molecule has 162 valence electrons. The van der Waals surface area contributed by atoms with Gasteiger partial charge in [0.25, 0.3) is 0 Å². The number of ether oxygens (including phenoxy) is 2. The average Bonchev–Trinajstić information content (AvgIpc) is 3.59. The molecule has 0 saturated carbocycles. The molecule has 2 aromatic carbocycles. The lowest BCUT2D eigenvalue weighted by molar-refractivity contribution is 0.354. The van der Waals surface area contributed by atoms with Gasteiger partial charge in [0.2, 0.25) is 5.13 Å². The predicted octanol–water partition coefficient (Wildman–Crippen LogP) is 6.38. The number of benzene rings is 2. The van der Waals surface area contributed by atoms with E-state index in [1.54, 1.807) is 37.7 Å². The van der Waals surface area contributed by atoms with Crippen molar-refractivity contribution in [3.63, 3.8) is 0 Å². The van der Waals surface area contributed by atoms with Gasteiger partial charge in [0.1, 0.15) is 5.82 Å². The van der Waals surface area contributed by atoms with E-state index in [0.29, 0.717) is 11.5 Å². The van der Waals surface area contributed by atoms with Gasteiger partial charge in [-0.3, -0.25) is 0 Å². The zero-order chi connectivity index (χ0) is 22.1. The highest BCUT2D eigenvalue weighted by Crippen LogP contribution is 2.42. The Balaban J connectivity index is 1.53. The maximum Gasteiger partial charge on any atom is 0.207 e. The minimum Gasteiger partial charge on any atom is -0.493 e. The van der Waals surface area contributed by atoms with Crippen LogP contribution in [0.4, 0.5) is 9.52 Å². The van der Waals surface area contributed by atoms with E-state index in [2.05, 4.69) is 11.4 Å². The second-order valence-corrected chi connectivity index (χ2v) is 9.01. The maximum absolute atomic E-state index is 13.3. The van der Waals surface area contributed by atoms with Gasteiger partial charge in [-0.1, -0.05) is 12.1 Å². The molecule has 2 aromatic heterocycles. The number of halogens is 1. The predicted molar refractivity (Wildman–Crippen MR) is 128 cm³/mol. The number of thiophene rings is 1. The molecule has 1 atom stereocenters. The normalized spacial score (nSPS) is 15.7. The van der Waals surface area contributed by atoms with Gasteiger partial charge in [-0.2, -0.15) is 5.10 Å². The van der Waals surface area contributed by atoms with Crippen molar-refractivity contribution in [2.24, 2.45) is 5.10 Å². The van der Waals surface area contributed by atoms with E-state index in [9.17, 15) is 4.39 Å². The van der Waals surface area contributed by atoms with Crippen LogP contribution in [0, 0.1) is 5.82 Å². The summed E-state index contributed by atoms with van der Waals surface area (Å²) in [5, 5.41) is 11.8. The molecule has 0 unspecified atom stereocenters. The lowest BCUT2D eigenvalue weighted by atomic mass is 10.0. The third kappa shape index (κ3) is 3.87. The Morgan fingerprint density at radius 2 is 1.81 bits per heavy atom. The topological polar surface area (TPSA) is 47.0 Å². The van der Waals surface area contributed by atoms with Crippen molar-refractivity contribution in [2.45, 2.75) is 12.5 Å². The van der Waals surface area contributed by atoms with Crippen LogP contribution in [0.5, 0.6) is 11.5 Å². The Labute approximate surface area is 193 Å². The van der Waals surface area contributed by atoms with Crippen LogP contribution in [-0.4, -0.2) is 24.9 Å². The number of hydrazone groups is 1. The number of rotatable bonds is 6. The van der Waals surface area contributed by atoms with Gasteiger partial charge in [-0.05, 0) is 53.4 Å². The van der Waals surface area contributed by atoms with E-state index in [-0.39, 0.29) is 11.9 Å². The molecular weight excluding hydrogens is 445 g/mol. The summed E-state index contributed by atoms with van der Waals surface area (Å²) in [6.07, 6.45) is 0.751. The Kier molecular flexibility index (Phi) is 5.63. The molecule has 8 heteroatoms. The number of aromatic nitrogens is 1. The molecule has 4 aromatic rings. The Bertz CT molecular complexity index is 1250. The van der Waals surface area contributed by atoms with Gasteiger partial charge in [0, 0.05) is 17.4 Å². The molecule has 0 fully saturated rings. The van der Waals surface area contributed by atoms with E-state index < -0.39 is 0 Å². The van der Waals surface area contributed by atoms with Gasteiger partial charge < -0.3 is 9.47 Å². The van der Waals surface area contributed by atoms with Gasteiger partial charge in [-0.15, -0.1) is 22.7 Å². The van der Waals surface area contributed by atoms with Gasteiger partial charge in [-0.25, -0.2) is 14.4 Å². The summed E-state index contributed by atoms with van der Waals surface area (Å²) in [7, 11) is 3.27. The molecule has 0 bridgehead atoms. The number of methoxy groups -OCH3 is 2. The summed E-state index contributed by atoms with van der Waals surface area (Å²) >= 11 is 3.20. The summed E-state index contributed by atoms with van der Waals surface area (Å²) in [6.45, 7) is 0. The maximum atomic E-state index is 13.3. The van der Waals surface area contributed by atoms with Crippen molar-refractivity contribution in [2.75, 3.05) is 19.2 Å². The van der Waals surface area contributed by atoms with Crippen LogP contribution >= 0.6 is 22.7 Å². The first-order chi connectivity index (χ1) is 15.7. The van der Waals surface area contributed by atoms with Crippen molar-refractivity contribution in [3.8, 4) is 22.8 Å². The summed E-state index contributed by atoms with van der Waals surface area (Å²) in [5.41, 5.74) is 3.77. The Hall–Kier alpha value is -3.23. The number of thiazole rings is 1. The highest BCUT2D eigenvalue weighted by Gasteiger charge is 2.32. The lowest BCUT2D eigenvalue weighted by Gasteiger charge is -2.22. The average molecular weight is 466 g/mol. The summed E-state index contributed by atoms with van der Waals surface area (Å²) in [4.78, 5) is 5.97. The second kappa shape index (κ2) is 8.72. The molecule has 0 saturated heterocycles. The summed E-state index contributed by atoms with van der Waals surface area (Å²) in [5.74, 6) is 1.11. The van der Waals surface area contributed by atoms with Crippen molar-refractivity contribution < 1.29 is 13.9 Å². The van der Waals surface area contributed by atoms with E-state index in [1.807, 2.05) is 34.7 Å². The third-order valence-electron chi connectivity index (χ3n) is 5.34. The minimum atomic E-state index is -0.262.